The van der Waals surface area contributed by atoms with Crippen molar-refractivity contribution in [3.63, 3.8) is 0 Å². The fourth-order valence-electron chi connectivity index (χ4n) is 2.31. The molecule has 0 spiro atoms. The molecule has 2 unspecified atom stereocenters. The average molecular weight is 155 g/mol. The first-order valence-corrected chi connectivity index (χ1v) is 4.91. The van der Waals surface area contributed by atoms with Crippen molar-refractivity contribution in [1.29, 1.82) is 0 Å². The van der Waals surface area contributed by atoms with E-state index in [0.717, 1.165) is 5.92 Å². The van der Waals surface area contributed by atoms with Crippen LogP contribution in [-0.4, -0.2) is 12.1 Å². The highest BCUT2D eigenvalue weighted by Crippen LogP contribution is 2.27. The van der Waals surface area contributed by atoms with E-state index in [9.17, 15) is 0 Å². The molecule has 0 aromatic rings. The summed E-state index contributed by atoms with van der Waals surface area (Å²) in [6.45, 7) is 8.23. The number of nitrogens with one attached hydrogen (secondary N) is 1. The van der Waals surface area contributed by atoms with E-state index in [4.69, 9.17) is 0 Å². The first-order valence-electron chi connectivity index (χ1n) is 4.91. The summed E-state index contributed by atoms with van der Waals surface area (Å²) >= 11 is 0. The molecule has 0 aromatic heterocycles. The van der Waals surface area contributed by atoms with Gasteiger partial charge in [0.25, 0.3) is 0 Å². The quantitative estimate of drug-likeness (QED) is 0.646. The molecule has 11 heavy (non-hydrogen) atoms. The predicted octanol–water partition coefficient (Wildman–Crippen LogP) is 2.56. The van der Waals surface area contributed by atoms with Crippen LogP contribution in [0.1, 0.15) is 46.5 Å². The summed E-state index contributed by atoms with van der Waals surface area (Å²) in [5.41, 5.74) is 0.451. The summed E-state index contributed by atoms with van der Waals surface area (Å²) in [7, 11) is 0. The van der Waals surface area contributed by atoms with Crippen LogP contribution in [0.15, 0.2) is 0 Å². The Morgan fingerprint density at radius 3 is 2.82 bits per heavy atom. The lowest BCUT2D eigenvalue weighted by molar-refractivity contribution is 0.209. The lowest BCUT2D eigenvalue weighted by atomic mass is 9.81. The second-order valence-electron chi connectivity index (χ2n) is 4.34. The summed E-state index contributed by atoms with van der Waals surface area (Å²) in [5.74, 6) is 0.924. The first kappa shape index (κ1) is 9.05. The van der Waals surface area contributed by atoms with Crippen molar-refractivity contribution >= 4 is 0 Å². The van der Waals surface area contributed by atoms with Gasteiger partial charge >= 0.3 is 0 Å². The van der Waals surface area contributed by atoms with E-state index in [1.165, 1.54) is 32.2 Å². The van der Waals surface area contributed by atoms with Gasteiger partial charge in [-0.15, -0.1) is 0 Å². The molecule has 1 nitrogen and oxygen atoms in total. The molecule has 1 heterocycles. The molecule has 2 atom stereocenters. The minimum atomic E-state index is 0.451. The van der Waals surface area contributed by atoms with Gasteiger partial charge in [-0.2, -0.15) is 0 Å². The van der Waals surface area contributed by atoms with Crippen molar-refractivity contribution in [2.45, 2.75) is 52.0 Å². The van der Waals surface area contributed by atoms with E-state index >= 15 is 0 Å². The van der Waals surface area contributed by atoms with Crippen LogP contribution in [0.2, 0.25) is 0 Å². The molecule has 0 radical (unpaired) electrons. The van der Waals surface area contributed by atoms with Crippen LogP contribution < -0.4 is 5.32 Å². The van der Waals surface area contributed by atoms with Crippen molar-refractivity contribution in [1.82, 2.24) is 5.32 Å². The maximum absolute atomic E-state index is 3.63. The van der Waals surface area contributed by atoms with Gasteiger partial charge in [-0.3, -0.25) is 0 Å². The SMILES string of the molecule is CCCC1(C)CC(C)CCN1. The standard InChI is InChI=1S/C10H21N/c1-4-6-10(3)8-9(2)5-7-11-10/h9,11H,4-8H2,1-3H3. The number of hydrogen-bond acceptors (Lipinski definition) is 1. The van der Waals surface area contributed by atoms with E-state index in [0.29, 0.717) is 5.54 Å². The molecular formula is C10H21N. The van der Waals surface area contributed by atoms with Crippen LogP contribution in [0.3, 0.4) is 0 Å². The Kier molecular flexibility index (Phi) is 2.94. The maximum atomic E-state index is 3.63. The number of rotatable bonds is 2. The van der Waals surface area contributed by atoms with Gasteiger partial charge in [0.05, 0.1) is 0 Å². The highest BCUT2D eigenvalue weighted by Gasteiger charge is 2.28. The summed E-state index contributed by atoms with van der Waals surface area (Å²) < 4.78 is 0. The fourth-order valence-corrected chi connectivity index (χ4v) is 2.31. The van der Waals surface area contributed by atoms with Gasteiger partial charge in [0.2, 0.25) is 0 Å². The van der Waals surface area contributed by atoms with Crippen LogP contribution in [0.25, 0.3) is 0 Å². The molecule has 0 bridgehead atoms. The van der Waals surface area contributed by atoms with Crippen molar-refractivity contribution in [2.75, 3.05) is 6.54 Å². The minimum absolute atomic E-state index is 0.451. The van der Waals surface area contributed by atoms with Gasteiger partial charge in [0.1, 0.15) is 0 Å². The first-order chi connectivity index (χ1) is 5.16. The molecule has 1 rings (SSSR count). The molecule has 0 aliphatic carbocycles. The molecule has 1 N–H and O–H groups in total. The van der Waals surface area contributed by atoms with Crippen molar-refractivity contribution in [3.8, 4) is 0 Å². The number of piperidine rings is 1. The molecule has 1 fully saturated rings. The lowest BCUT2D eigenvalue weighted by Gasteiger charge is -2.38. The van der Waals surface area contributed by atoms with Crippen LogP contribution in [0, 0.1) is 5.92 Å². The van der Waals surface area contributed by atoms with Gasteiger partial charge in [-0.25, -0.2) is 0 Å². The molecule has 1 aliphatic heterocycles. The van der Waals surface area contributed by atoms with Crippen LogP contribution in [-0.2, 0) is 0 Å². The summed E-state index contributed by atoms with van der Waals surface area (Å²) in [4.78, 5) is 0. The van der Waals surface area contributed by atoms with Gasteiger partial charge in [0, 0.05) is 5.54 Å². The second kappa shape index (κ2) is 3.57. The van der Waals surface area contributed by atoms with Crippen LogP contribution in [0.4, 0.5) is 0 Å². The van der Waals surface area contributed by atoms with E-state index in [-0.39, 0.29) is 0 Å². The summed E-state index contributed by atoms with van der Waals surface area (Å²) in [5, 5.41) is 3.63. The molecule has 1 heteroatoms. The molecule has 1 saturated heterocycles. The number of hydrogen-bond donors (Lipinski definition) is 1. The second-order valence-corrected chi connectivity index (χ2v) is 4.34. The fraction of sp³-hybridized carbons (Fsp3) is 1.00. The highest BCUT2D eigenvalue weighted by molar-refractivity contribution is 4.88. The third-order valence-corrected chi connectivity index (χ3v) is 2.79. The van der Waals surface area contributed by atoms with Gasteiger partial charge in [0.15, 0.2) is 0 Å². The average Bonchev–Trinajstić information content (AvgIpc) is 1.86. The molecule has 1 aliphatic rings. The van der Waals surface area contributed by atoms with Crippen LogP contribution in [0.5, 0.6) is 0 Å². The van der Waals surface area contributed by atoms with E-state index < -0.39 is 0 Å². The third kappa shape index (κ3) is 2.48. The van der Waals surface area contributed by atoms with Crippen molar-refractivity contribution in [2.24, 2.45) is 5.92 Å². The molecule has 0 aromatic carbocycles. The zero-order chi connectivity index (χ0) is 8.32. The molecular weight excluding hydrogens is 134 g/mol. The van der Waals surface area contributed by atoms with Crippen molar-refractivity contribution in [3.05, 3.63) is 0 Å². The van der Waals surface area contributed by atoms with E-state index in [1.54, 1.807) is 0 Å². The predicted molar refractivity (Wildman–Crippen MR) is 49.7 cm³/mol. The Morgan fingerprint density at radius 2 is 2.27 bits per heavy atom. The van der Waals surface area contributed by atoms with Gasteiger partial charge in [-0.1, -0.05) is 20.3 Å². The lowest BCUT2D eigenvalue weighted by Crippen LogP contribution is -2.48. The highest BCUT2D eigenvalue weighted by atomic mass is 15.0. The van der Waals surface area contributed by atoms with E-state index in [1.807, 2.05) is 0 Å². The maximum Gasteiger partial charge on any atom is 0.0155 e. The Balaban J connectivity index is 2.41. The zero-order valence-electron chi connectivity index (χ0n) is 8.11. The Hall–Kier alpha value is -0.0400. The smallest absolute Gasteiger partial charge is 0.0155 e. The molecule has 0 amide bonds. The molecule has 0 saturated carbocycles. The Morgan fingerprint density at radius 1 is 1.55 bits per heavy atom. The summed E-state index contributed by atoms with van der Waals surface area (Å²) in [6.07, 6.45) is 5.35. The Labute approximate surface area is 70.6 Å². The largest absolute Gasteiger partial charge is 0.311 e. The van der Waals surface area contributed by atoms with Gasteiger partial charge < -0.3 is 5.32 Å². The molecule has 66 valence electrons. The zero-order valence-corrected chi connectivity index (χ0v) is 8.11. The third-order valence-electron chi connectivity index (χ3n) is 2.79. The van der Waals surface area contributed by atoms with Crippen LogP contribution >= 0.6 is 0 Å². The van der Waals surface area contributed by atoms with E-state index in [2.05, 4.69) is 26.1 Å². The topological polar surface area (TPSA) is 12.0 Å². The normalized spacial score (nSPS) is 39.0. The minimum Gasteiger partial charge on any atom is -0.311 e. The monoisotopic (exact) mass is 155 g/mol. The van der Waals surface area contributed by atoms with Crippen molar-refractivity contribution < 1.29 is 0 Å². The summed E-state index contributed by atoms with van der Waals surface area (Å²) in [6, 6.07) is 0. The Bertz CT molecular complexity index is 118. The van der Waals surface area contributed by atoms with Gasteiger partial charge in [-0.05, 0) is 38.6 Å².